The molecule has 5 atom stereocenters. The summed E-state index contributed by atoms with van der Waals surface area (Å²) < 4.78 is 30.6. The molecule has 0 saturated carbocycles. The lowest BCUT2D eigenvalue weighted by Crippen LogP contribution is -2.48. The van der Waals surface area contributed by atoms with Crippen LogP contribution in [0, 0.1) is 0 Å². The van der Waals surface area contributed by atoms with Gasteiger partial charge >= 0.3 is 5.97 Å². The molecule has 3 aromatic carbocycles. The maximum Gasteiger partial charge on any atom is 0.304 e. The van der Waals surface area contributed by atoms with Gasteiger partial charge in [0.05, 0.1) is 26.4 Å². The number of hydrogen-bond donors (Lipinski definition) is 0. The van der Waals surface area contributed by atoms with Crippen LogP contribution in [0.3, 0.4) is 0 Å². The van der Waals surface area contributed by atoms with Crippen molar-refractivity contribution in [3.8, 4) is 0 Å². The van der Waals surface area contributed by atoms with E-state index < -0.39 is 30.6 Å². The molecule has 4 rings (SSSR count). The number of ether oxygens (including phenoxy) is 5. The highest BCUT2D eigenvalue weighted by atomic mass is 127. The molecule has 1 aliphatic rings. The third kappa shape index (κ3) is 7.85. The van der Waals surface area contributed by atoms with Crippen molar-refractivity contribution in [3.05, 3.63) is 108 Å². The highest BCUT2D eigenvalue weighted by Crippen LogP contribution is 2.31. The van der Waals surface area contributed by atoms with Crippen LogP contribution in [0.15, 0.2) is 91.0 Å². The summed E-state index contributed by atoms with van der Waals surface area (Å²) in [6.45, 7) is 2.76. The van der Waals surface area contributed by atoms with Crippen LogP contribution in [0.1, 0.15) is 23.6 Å². The minimum absolute atomic E-state index is 0.203. The minimum Gasteiger partial charge on any atom is -0.435 e. The smallest absolute Gasteiger partial charge is 0.304 e. The van der Waals surface area contributed by atoms with Crippen LogP contribution in [-0.4, -0.2) is 41.1 Å². The van der Waals surface area contributed by atoms with E-state index in [-0.39, 0.29) is 10.5 Å². The molecule has 190 valence electrons. The van der Waals surface area contributed by atoms with Crippen molar-refractivity contribution in [2.75, 3.05) is 6.61 Å². The van der Waals surface area contributed by atoms with Gasteiger partial charge in [-0.05, 0) is 16.7 Å². The molecule has 0 spiro atoms. The molecule has 0 amide bonds. The Balaban J connectivity index is 1.58. The van der Waals surface area contributed by atoms with Gasteiger partial charge in [0.25, 0.3) is 0 Å². The first-order valence-corrected chi connectivity index (χ1v) is 13.2. The summed E-state index contributed by atoms with van der Waals surface area (Å²) in [5, 5.41) is 0. The zero-order chi connectivity index (χ0) is 25.2. The fraction of sp³-hybridized carbons (Fsp3) is 0.345. The minimum atomic E-state index is -0.781. The zero-order valence-electron chi connectivity index (χ0n) is 20.2. The van der Waals surface area contributed by atoms with Crippen molar-refractivity contribution >= 4 is 28.6 Å². The van der Waals surface area contributed by atoms with Crippen LogP contribution in [-0.2, 0) is 48.3 Å². The van der Waals surface area contributed by atoms with Crippen molar-refractivity contribution < 1.29 is 28.5 Å². The van der Waals surface area contributed by atoms with E-state index in [1.54, 1.807) is 0 Å². The van der Waals surface area contributed by atoms with Gasteiger partial charge in [-0.25, -0.2) is 0 Å². The van der Waals surface area contributed by atoms with E-state index in [9.17, 15) is 4.79 Å². The molecule has 7 heteroatoms. The molecule has 6 nitrogen and oxygen atoms in total. The first-order chi connectivity index (χ1) is 17.6. The Morgan fingerprint density at radius 2 is 1.19 bits per heavy atom. The first-order valence-electron chi connectivity index (χ1n) is 12.0. The summed E-state index contributed by atoms with van der Waals surface area (Å²) in [7, 11) is 0. The van der Waals surface area contributed by atoms with E-state index in [0.29, 0.717) is 19.8 Å². The zero-order valence-corrected chi connectivity index (χ0v) is 22.4. The summed E-state index contributed by atoms with van der Waals surface area (Å²) >= 11 is 2.24. The summed E-state index contributed by atoms with van der Waals surface area (Å²) in [4.78, 5) is 11.8. The number of halogens is 1. The van der Waals surface area contributed by atoms with Crippen LogP contribution >= 0.6 is 22.6 Å². The Labute approximate surface area is 226 Å². The predicted molar refractivity (Wildman–Crippen MR) is 144 cm³/mol. The van der Waals surface area contributed by atoms with Gasteiger partial charge in [-0.15, -0.1) is 0 Å². The van der Waals surface area contributed by atoms with E-state index in [2.05, 4.69) is 22.6 Å². The third-order valence-electron chi connectivity index (χ3n) is 5.85. The fourth-order valence-corrected chi connectivity index (χ4v) is 5.00. The van der Waals surface area contributed by atoms with Gasteiger partial charge in [0.2, 0.25) is 6.29 Å². The second-order valence-electron chi connectivity index (χ2n) is 8.61. The van der Waals surface area contributed by atoms with Crippen LogP contribution in [0.5, 0.6) is 0 Å². The lowest BCUT2D eigenvalue weighted by atomic mass is 10.0. The Morgan fingerprint density at radius 1 is 0.750 bits per heavy atom. The average Bonchev–Trinajstić information content (AvgIpc) is 3.02. The summed E-state index contributed by atoms with van der Waals surface area (Å²) in [6.07, 6.45) is -2.13. The molecular formula is C29H31IO6. The van der Waals surface area contributed by atoms with Crippen molar-refractivity contribution in [3.63, 3.8) is 0 Å². The maximum absolute atomic E-state index is 11.8. The first kappa shape index (κ1) is 26.8. The molecule has 0 bridgehead atoms. The Bertz CT molecular complexity index is 1050. The lowest BCUT2D eigenvalue weighted by molar-refractivity contribution is -0.181. The highest BCUT2D eigenvalue weighted by Gasteiger charge is 2.45. The fourth-order valence-electron chi connectivity index (χ4n) is 4.03. The topological polar surface area (TPSA) is 63.2 Å². The van der Waals surface area contributed by atoms with Crippen LogP contribution < -0.4 is 0 Å². The van der Waals surface area contributed by atoms with Crippen LogP contribution in [0.25, 0.3) is 0 Å². The lowest BCUT2D eigenvalue weighted by Gasteiger charge is -2.33. The number of carbonyl (C=O) groups is 1. The number of alkyl halides is 1. The van der Waals surface area contributed by atoms with E-state index >= 15 is 0 Å². The summed E-state index contributed by atoms with van der Waals surface area (Å²) in [5.74, 6) is -0.408. The Kier molecular flexibility index (Phi) is 10.3. The number of carbonyl (C=O) groups excluding carboxylic acids is 1. The van der Waals surface area contributed by atoms with Crippen molar-refractivity contribution in [2.45, 2.75) is 55.3 Å². The molecule has 0 N–H and O–H groups in total. The van der Waals surface area contributed by atoms with E-state index in [1.165, 1.54) is 6.92 Å². The molecule has 36 heavy (non-hydrogen) atoms. The van der Waals surface area contributed by atoms with Gasteiger partial charge in [-0.2, -0.15) is 0 Å². The van der Waals surface area contributed by atoms with Gasteiger partial charge in [-0.1, -0.05) is 114 Å². The molecule has 0 radical (unpaired) electrons. The van der Waals surface area contributed by atoms with Gasteiger partial charge < -0.3 is 23.7 Å². The van der Waals surface area contributed by atoms with Gasteiger partial charge in [0.15, 0.2) is 0 Å². The highest BCUT2D eigenvalue weighted by molar-refractivity contribution is 14.1. The quantitative estimate of drug-likeness (QED) is 0.175. The monoisotopic (exact) mass is 602 g/mol. The molecule has 0 aliphatic carbocycles. The van der Waals surface area contributed by atoms with Crippen molar-refractivity contribution in [1.82, 2.24) is 0 Å². The molecular weight excluding hydrogens is 571 g/mol. The molecule has 1 fully saturated rings. The molecule has 0 unspecified atom stereocenters. The van der Waals surface area contributed by atoms with Crippen molar-refractivity contribution in [1.29, 1.82) is 0 Å². The summed E-state index contributed by atoms with van der Waals surface area (Å²) in [5.41, 5.74) is 3.14. The van der Waals surface area contributed by atoms with Crippen LogP contribution in [0.2, 0.25) is 0 Å². The maximum atomic E-state index is 11.8. The van der Waals surface area contributed by atoms with E-state index in [0.717, 1.165) is 16.7 Å². The van der Waals surface area contributed by atoms with Gasteiger partial charge in [0.1, 0.15) is 22.2 Å². The predicted octanol–water partition coefficient (Wildman–Crippen LogP) is 5.47. The normalized spacial score (nSPS) is 24.1. The Hall–Kier alpha value is -2.30. The molecule has 3 aromatic rings. The standard InChI is InChI=1S/C29H31IO6/c1-21(31)36-29-26(30)28(34-19-24-15-9-4-10-16-24)27(33-18-23-13-7-3-8-14-23)25(20-35-29)32-17-22-11-5-2-6-12-22/h2-16,25-29H,17-20H2,1H3/t25-,26+,27+,28+,29-/m1/s1. The second kappa shape index (κ2) is 13.9. The van der Waals surface area contributed by atoms with Gasteiger partial charge in [0, 0.05) is 6.92 Å². The molecule has 1 saturated heterocycles. The molecule has 1 heterocycles. The number of benzene rings is 3. The van der Waals surface area contributed by atoms with E-state index in [4.69, 9.17) is 23.7 Å². The van der Waals surface area contributed by atoms with Gasteiger partial charge in [-0.3, -0.25) is 4.79 Å². The number of hydrogen-bond acceptors (Lipinski definition) is 6. The summed E-state index contributed by atoms with van der Waals surface area (Å²) in [6, 6.07) is 29.9. The van der Waals surface area contributed by atoms with E-state index in [1.807, 2.05) is 91.0 Å². The van der Waals surface area contributed by atoms with Crippen LogP contribution in [0.4, 0.5) is 0 Å². The third-order valence-corrected chi connectivity index (χ3v) is 7.14. The largest absolute Gasteiger partial charge is 0.435 e. The number of rotatable bonds is 10. The number of esters is 1. The second-order valence-corrected chi connectivity index (χ2v) is 10.1. The molecule has 0 aromatic heterocycles. The molecule has 1 aliphatic heterocycles. The SMILES string of the molecule is CC(=O)O[C@H]1OC[C@@H](OCc2ccccc2)[C@H](OCc2ccccc2)[C@@H](OCc2ccccc2)[C@@H]1I. The van der Waals surface area contributed by atoms with Crippen molar-refractivity contribution in [2.24, 2.45) is 0 Å². The Morgan fingerprint density at radius 3 is 1.67 bits per heavy atom. The average molecular weight is 602 g/mol.